The summed E-state index contributed by atoms with van der Waals surface area (Å²) >= 11 is 0. The highest BCUT2D eigenvalue weighted by molar-refractivity contribution is 7.86. The quantitative estimate of drug-likeness (QED) is 0.428. The molecule has 0 amide bonds. The Morgan fingerprint density at radius 3 is 1.61 bits per heavy atom. The molecule has 0 atom stereocenters. The molecular formula is C19H32O3S. The van der Waals surface area contributed by atoms with Crippen LogP contribution in [0.15, 0.2) is 17.0 Å². The Kier molecular flexibility index (Phi) is 8.85. The summed E-state index contributed by atoms with van der Waals surface area (Å²) in [4.78, 5) is 0.177. The average molecular weight is 341 g/mol. The Morgan fingerprint density at radius 2 is 1.26 bits per heavy atom. The second kappa shape index (κ2) is 10.1. The van der Waals surface area contributed by atoms with Crippen LogP contribution in [0.3, 0.4) is 0 Å². The van der Waals surface area contributed by atoms with Gasteiger partial charge >= 0.3 is 0 Å². The molecule has 0 aromatic heterocycles. The lowest BCUT2D eigenvalue weighted by Gasteiger charge is -2.14. The molecule has 0 radical (unpaired) electrons. The molecule has 0 unspecified atom stereocenters. The van der Waals surface area contributed by atoms with E-state index in [2.05, 4.69) is 13.8 Å². The predicted molar refractivity (Wildman–Crippen MR) is 96.7 cm³/mol. The lowest BCUT2D eigenvalue weighted by molar-refractivity contribution is 0.480. The molecule has 4 heteroatoms. The van der Waals surface area contributed by atoms with Gasteiger partial charge in [-0.25, -0.2) is 0 Å². The van der Waals surface area contributed by atoms with Crippen molar-refractivity contribution < 1.29 is 13.0 Å². The molecule has 23 heavy (non-hydrogen) atoms. The summed E-state index contributed by atoms with van der Waals surface area (Å²) in [5.74, 6) is 0. The van der Waals surface area contributed by atoms with Crippen LogP contribution in [0.5, 0.6) is 0 Å². The van der Waals surface area contributed by atoms with Gasteiger partial charge in [-0.15, -0.1) is 0 Å². The van der Waals surface area contributed by atoms with E-state index in [0.29, 0.717) is 0 Å². The van der Waals surface area contributed by atoms with Crippen molar-refractivity contribution in [2.24, 2.45) is 0 Å². The Bertz CT molecular complexity index is 543. The molecule has 0 aliphatic carbocycles. The van der Waals surface area contributed by atoms with Gasteiger partial charge in [0.05, 0.1) is 0 Å². The van der Waals surface area contributed by atoms with Crippen LogP contribution in [0, 0.1) is 6.92 Å². The van der Waals surface area contributed by atoms with Crippen molar-refractivity contribution in [1.29, 1.82) is 0 Å². The Labute approximate surface area is 142 Å². The normalized spacial score (nSPS) is 11.8. The zero-order chi connectivity index (χ0) is 17.3. The smallest absolute Gasteiger partial charge is 0.282 e. The Morgan fingerprint density at radius 1 is 0.826 bits per heavy atom. The third-order valence-corrected chi connectivity index (χ3v) is 5.28. The summed E-state index contributed by atoms with van der Waals surface area (Å²) < 4.78 is 33.6. The van der Waals surface area contributed by atoms with Gasteiger partial charge in [-0.05, 0) is 43.7 Å². The highest BCUT2D eigenvalue weighted by Gasteiger charge is 2.20. The largest absolute Gasteiger partial charge is 0.295 e. The first-order valence-corrected chi connectivity index (χ1v) is 10.4. The van der Waals surface area contributed by atoms with Crippen molar-refractivity contribution in [3.05, 3.63) is 28.8 Å². The third-order valence-electron chi connectivity index (χ3n) is 4.24. The molecule has 1 rings (SSSR count). The standard InChI is InChI=1S/C19H32O3S/c1-4-6-8-10-12-17-14-16(3)15-18(13-11-9-7-5-2)19(17)23(20,21)22/h14-15H,4-13H2,1-3H3,(H,20,21,22). The monoisotopic (exact) mass is 340 g/mol. The molecule has 0 aliphatic heterocycles. The van der Waals surface area contributed by atoms with E-state index in [1.807, 2.05) is 19.1 Å². The van der Waals surface area contributed by atoms with Crippen LogP contribution in [-0.4, -0.2) is 13.0 Å². The van der Waals surface area contributed by atoms with E-state index in [1.54, 1.807) is 0 Å². The van der Waals surface area contributed by atoms with Gasteiger partial charge in [0.15, 0.2) is 0 Å². The molecule has 0 spiro atoms. The number of aryl methyl sites for hydroxylation is 3. The van der Waals surface area contributed by atoms with Gasteiger partial charge < -0.3 is 0 Å². The van der Waals surface area contributed by atoms with Gasteiger partial charge in [0, 0.05) is 0 Å². The summed E-state index contributed by atoms with van der Waals surface area (Å²) in [7, 11) is -4.17. The van der Waals surface area contributed by atoms with Gasteiger partial charge in [0.2, 0.25) is 0 Å². The minimum absolute atomic E-state index is 0.177. The Hall–Kier alpha value is -0.870. The fraction of sp³-hybridized carbons (Fsp3) is 0.684. The number of hydrogen-bond donors (Lipinski definition) is 1. The second-order valence-electron chi connectivity index (χ2n) is 6.51. The van der Waals surface area contributed by atoms with Crippen molar-refractivity contribution in [2.45, 2.75) is 89.9 Å². The van der Waals surface area contributed by atoms with E-state index in [-0.39, 0.29) is 4.90 Å². The number of benzene rings is 1. The summed E-state index contributed by atoms with van der Waals surface area (Å²) in [5, 5.41) is 0. The molecule has 0 heterocycles. The fourth-order valence-corrected chi connectivity index (χ4v) is 4.10. The fourth-order valence-electron chi connectivity index (χ4n) is 3.12. The van der Waals surface area contributed by atoms with Crippen molar-refractivity contribution in [2.75, 3.05) is 0 Å². The minimum atomic E-state index is -4.17. The molecule has 0 aliphatic rings. The molecular weight excluding hydrogens is 308 g/mol. The van der Waals surface area contributed by atoms with Gasteiger partial charge in [0.1, 0.15) is 4.90 Å². The lowest BCUT2D eigenvalue weighted by atomic mass is 9.98. The number of hydrogen-bond acceptors (Lipinski definition) is 2. The SMILES string of the molecule is CCCCCCc1cc(C)cc(CCCCCC)c1S(=O)(=O)O. The van der Waals surface area contributed by atoms with Crippen LogP contribution in [0.2, 0.25) is 0 Å². The molecule has 1 aromatic rings. The maximum atomic E-state index is 11.9. The number of rotatable bonds is 11. The van der Waals surface area contributed by atoms with Crippen molar-refractivity contribution >= 4 is 10.1 Å². The maximum Gasteiger partial charge on any atom is 0.295 e. The van der Waals surface area contributed by atoms with E-state index in [4.69, 9.17) is 0 Å². The summed E-state index contributed by atoms with van der Waals surface area (Å²) in [6, 6.07) is 3.84. The maximum absolute atomic E-state index is 11.9. The topological polar surface area (TPSA) is 54.4 Å². The van der Waals surface area contributed by atoms with Crippen LogP contribution in [-0.2, 0) is 23.0 Å². The highest BCUT2D eigenvalue weighted by Crippen LogP contribution is 2.26. The summed E-state index contributed by atoms with van der Waals surface area (Å²) in [6.45, 7) is 6.31. The molecule has 0 fully saturated rings. The highest BCUT2D eigenvalue weighted by atomic mass is 32.2. The van der Waals surface area contributed by atoms with Crippen LogP contribution in [0.25, 0.3) is 0 Å². The predicted octanol–water partition coefficient (Wildman–Crippen LogP) is 5.49. The minimum Gasteiger partial charge on any atom is -0.282 e. The second-order valence-corrected chi connectivity index (χ2v) is 7.87. The molecule has 0 saturated heterocycles. The molecule has 0 saturated carbocycles. The first kappa shape index (κ1) is 20.2. The van der Waals surface area contributed by atoms with Crippen molar-refractivity contribution in [3.8, 4) is 0 Å². The summed E-state index contributed by atoms with van der Waals surface area (Å²) in [6.07, 6.45) is 10.2. The molecule has 1 aromatic carbocycles. The first-order chi connectivity index (χ1) is 10.9. The van der Waals surface area contributed by atoms with E-state index in [1.165, 1.54) is 0 Å². The zero-order valence-electron chi connectivity index (χ0n) is 14.9. The van der Waals surface area contributed by atoms with Gasteiger partial charge in [-0.2, -0.15) is 8.42 Å². The van der Waals surface area contributed by atoms with Crippen LogP contribution >= 0.6 is 0 Å². The van der Waals surface area contributed by atoms with Gasteiger partial charge in [-0.1, -0.05) is 70.1 Å². The van der Waals surface area contributed by atoms with Crippen LogP contribution in [0.4, 0.5) is 0 Å². The molecule has 132 valence electrons. The number of unbranched alkanes of at least 4 members (excludes halogenated alkanes) is 6. The molecule has 0 bridgehead atoms. The van der Waals surface area contributed by atoms with E-state index < -0.39 is 10.1 Å². The van der Waals surface area contributed by atoms with Crippen LogP contribution in [0.1, 0.15) is 81.9 Å². The van der Waals surface area contributed by atoms with Gasteiger partial charge in [-0.3, -0.25) is 4.55 Å². The summed E-state index contributed by atoms with van der Waals surface area (Å²) in [5.41, 5.74) is 2.65. The van der Waals surface area contributed by atoms with Crippen LogP contribution < -0.4 is 0 Å². The van der Waals surface area contributed by atoms with Gasteiger partial charge in [0.25, 0.3) is 10.1 Å². The Balaban J connectivity index is 3.00. The first-order valence-electron chi connectivity index (χ1n) is 9.00. The lowest BCUT2D eigenvalue weighted by Crippen LogP contribution is -2.09. The molecule has 1 N–H and O–H groups in total. The average Bonchev–Trinajstić information content (AvgIpc) is 2.46. The van der Waals surface area contributed by atoms with Crippen molar-refractivity contribution in [3.63, 3.8) is 0 Å². The zero-order valence-corrected chi connectivity index (χ0v) is 15.7. The van der Waals surface area contributed by atoms with E-state index in [0.717, 1.165) is 80.9 Å². The van der Waals surface area contributed by atoms with E-state index >= 15 is 0 Å². The van der Waals surface area contributed by atoms with Crippen molar-refractivity contribution in [1.82, 2.24) is 0 Å². The third kappa shape index (κ3) is 7.05. The molecule has 3 nitrogen and oxygen atoms in total. The van der Waals surface area contributed by atoms with E-state index in [9.17, 15) is 13.0 Å².